The van der Waals surface area contributed by atoms with Crippen LogP contribution in [0.25, 0.3) is 0 Å². The van der Waals surface area contributed by atoms with Gasteiger partial charge in [-0.2, -0.15) is 4.98 Å². The Hall–Kier alpha value is -1.29. The van der Waals surface area contributed by atoms with Gasteiger partial charge in [-0.05, 0) is 13.0 Å². The van der Waals surface area contributed by atoms with Gasteiger partial charge in [-0.15, -0.1) is 0 Å². The van der Waals surface area contributed by atoms with Crippen LogP contribution in [0.3, 0.4) is 0 Å². The van der Waals surface area contributed by atoms with Crippen molar-refractivity contribution in [1.82, 2.24) is 4.98 Å². The molecule has 0 fully saturated rings. The van der Waals surface area contributed by atoms with Crippen LogP contribution in [0.2, 0.25) is 0 Å². The average Bonchev–Trinajstić information content (AvgIpc) is 2.13. The van der Waals surface area contributed by atoms with Crippen LogP contribution in [0.5, 0.6) is 5.88 Å². The van der Waals surface area contributed by atoms with Gasteiger partial charge in [0.1, 0.15) is 12.4 Å². The molecule has 0 radical (unpaired) electrons. The molecule has 0 aliphatic heterocycles. The molecular weight excluding hydrogens is 168 g/mol. The van der Waals surface area contributed by atoms with Crippen LogP contribution < -0.4 is 10.5 Å². The fourth-order valence-corrected chi connectivity index (χ4v) is 0.861. The zero-order chi connectivity index (χ0) is 9.52. The summed E-state index contributed by atoms with van der Waals surface area (Å²) in [7, 11) is 0. The van der Waals surface area contributed by atoms with Crippen molar-refractivity contribution >= 4 is 5.82 Å². The van der Waals surface area contributed by atoms with E-state index in [9.17, 15) is 0 Å². The molecule has 0 atom stereocenters. The van der Waals surface area contributed by atoms with Gasteiger partial charge in [0, 0.05) is 12.7 Å². The molecule has 13 heavy (non-hydrogen) atoms. The summed E-state index contributed by atoms with van der Waals surface area (Å²) in [6.45, 7) is 3.73. The van der Waals surface area contributed by atoms with Crippen LogP contribution in [0, 0.1) is 0 Å². The number of pyridine rings is 1. The van der Waals surface area contributed by atoms with Crippen molar-refractivity contribution in [3.8, 4) is 5.88 Å². The van der Waals surface area contributed by atoms with Crippen LogP contribution in [0.1, 0.15) is 6.92 Å². The minimum atomic E-state index is 0.467. The highest BCUT2D eigenvalue weighted by Gasteiger charge is 1.94. The first-order valence-electron chi connectivity index (χ1n) is 4.26. The third kappa shape index (κ3) is 3.75. The van der Waals surface area contributed by atoms with E-state index in [2.05, 4.69) is 4.98 Å². The third-order valence-electron chi connectivity index (χ3n) is 1.43. The molecule has 0 aromatic carbocycles. The zero-order valence-electron chi connectivity index (χ0n) is 7.69. The molecule has 2 N–H and O–H groups in total. The SMILES string of the molecule is CCOCCOc1cccc(N)n1. The minimum Gasteiger partial charge on any atom is -0.475 e. The summed E-state index contributed by atoms with van der Waals surface area (Å²) in [5, 5.41) is 0. The lowest BCUT2D eigenvalue weighted by Crippen LogP contribution is -2.07. The molecule has 0 saturated carbocycles. The Morgan fingerprint density at radius 2 is 2.23 bits per heavy atom. The number of nitrogens with two attached hydrogens (primary N) is 1. The maximum absolute atomic E-state index is 5.47. The van der Waals surface area contributed by atoms with Gasteiger partial charge in [0.2, 0.25) is 5.88 Å². The molecule has 0 spiro atoms. The predicted molar refractivity (Wildman–Crippen MR) is 50.6 cm³/mol. The van der Waals surface area contributed by atoms with E-state index in [4.69, 9.17) is 15.2 Å². The van der Waals surface area contributed by atoms with E-state index in [1.165, 1.54) is 0 Å². The Morgan fingerprint density at radius 1 is 1.38 bits per heavy atom. The normalized spacial score (nSPS) is 9.92. The second-order valence-corrected chi connectivity index (χ2v) is 2.45. The third-order valence-corrected chi connectivity index (χ3v) is 1.43. The van der Waals surface area contributed by atoms with Crippen LogP contribution >= 0.6 is 0 Å². The fraction of sp³-hybridized carbons (Fsp3) is 0.444. The van der Waals surface area contributed by atoms with Crippen LogP contribution in [0.15, 0.2) is 18.2 Å². The van der Waals surface area contributed by atoms with Crippen molar-refractivity contribution in [3.05, 3.63) is 18.2 Å². The van der Waals surface area contributed by atoms with Crippen molar-refractivity contribution in [2.75, 3.05) is 25.6 Å². The van der Waals surface area contributed by atoms with E-state index in [0.717, 1.165) is 0 Å². The molecule has 1 aromatic heterocycles. The number of rotatable bonds is 5. The second-order valence-electron chi connectivity index (χ2n) is 2.45. The first kappa shape index (κ1) is 9.80. The van der Waals surface area contributed by atoms with Crippen molar-refractivity contribution in [2.24, 2.45) is 0 Å². The summed E-state index contributed by atoms with van der Waals surface area (Å²) in [4.78, 5) is 3.97. The quantitative estimate of drug-likeness (QED) is 0.692. The molecule has 0 unspecified atom stereocenters. The standard InChI is InChI=1S/C9H14N2O2/c1-2-12-6-7-13-9-5-3-4-8(10)11-9/h3-5H,2,6-7H2,1H3,(H2,10,11). The number of hydrogen-bond acceptors (Lipinski definition) is 4. The van der Waals surface area contributed by atoms with E-state index >= 15 is 0 Å². The molecule has 0 aliphatic rings. The van der Waals surface area contributed by atoms with Crippen LogP contribution in [-0.4, -0.2) is 24.8 Å². The predicted octanol–water partition coefficient (Wildman–Crippen LogP) is 1.08. The maximum Gasteiger partial charge on any atom is 0.215 e. The van der Waals surface area contributed by atoms with Crippen molar-refractivity contribution in [3.63, 3.8) is 0 Å². The second kappa shape index (κ2) is 5.37. The summed E-state index contributed by atoms with van der Waals surface area (Å²) in [5.41, 5.74) is 5.47. The molecule has 0 saturated heterocycles. The Kier molecular flexibility index (Phi) is 4.05. The van der Waals surface area contributed by atoms with Crippen molar-refractivity contribution in [2.45, 2.75) is 6.92 Å². The van der Waals surface area contributed by atoms with E-state index in [-0.39, 0.29) is 0 Å². The summed E-state index contributed by atoms with van der Waals surface area (Å²) >= 11 is 0. The molecule has 4 nitrogen and oxygen atoms in total. The Labute approximate surface area is 77.7 Å². The van der Waals surface area contributed by atoms with Gasteiger partial charge in [-0.25, -0.2) is 0 Å². The van der Waals surface area contributed by atoms with E-state index in [1.807, 2.05) is 6.92 Å². The Balaban J connectivity index is 2.28. The monoisotopic (exact) mass is 182 g/mol. The number of hydrogen-bond donors (Lipinski definition) is 1. The van der Waals surface area contributed by atoms with E-state index in [1.54, 1.807) is 18.2 Å². The van der Waals surface area contributed by atoms with Gasteiger partial charge in [-0.3, -0.25) is 0 Å². The van der Waals surface area contributed by atoms with Gasteiger partial charge >= 0.3 is 0 Å². The molecule has 1 aromatic rings. The number of nitrogen functional groups attached to an aromatic ring is 1. The summed E-state index contributed by atoms with van der Waals surface area (Å²) in [5.74, 6) is 1.01. The molecule has 72 valence electrons. The number of ether oxygens (including phenoxy) is 2. The molecule has 1 rings (SSSR count). The zero-order valence-corrected chi connectivity index (χ0v) is 7.69. The van der Waals surface area contributed by atoms with E-state index < -0.39 is 0 Å². The highest BCUT2D eigenvalue weighted by molar-refractivity contribution is 5.30. The molecular formula is C9H14N2O2. The van der Waals surface area contributed by atoms with Crippen molar-refractivity contribution < 1.29 is 9.47 Å². The lowest BCUT2D eigenvalue weighted by Gasteiger charge is -2.04. The first-order chi connectivity index (χ1) is 6.33. The van der Waals surface area contributed by atoms with E-state index in [0.29, 0.717) is 31.5 Å². The summed E-state index contributed by atoms with van der Waals surface area (Å²) in [6, 6.07) is 5.29. The highest BCUT2D eigenvalue weighted by Crippen LogP contribution is 2.07. The number of anilines is 1. The lowest BCUT2D eigenvalue weighted by molar-refractivity contribution is 0.108. The van der Waals surface area contributed by atoms with Gasteiger partial charge in [0.15, 0.2) is 0 Å². The first-order valence-corrected chi connectivity index (χ1v) is 4.26. The molecule has 0 bridgehead atoms. The van der Waals surface area contributed by atoms with Crippen LogP contribution in [-0.2, 0) is 4.74 Å². The number of aromatic nitrogens is 1. The van der Waals surface area contributed by atoms with Crippen molar-refractivity contribution in [1.29, 1.82) is 0 Å². The maximum atomic E-state index is 5.47. The molecule has 0 amide bonds. The molecule has 0 aliphatic carbocycles. The molecule has 1 heterocycles. The van der Waals surface area contributed by atoms with Gasteiger partial charge in [-0.1, -0.05) is 6.07 Å². The Bertz CT molecular complexity index is 253. The minimum absolute atomic E-state index is 0.467. The topological polar surface area (TPSA) is 57.4 Å². The van der Waals surface area contributed by atoms with Gasteiger partial charge in [0.05, 0.1) is 6.61 Å². The van der Waals surface area contributed by atoms with Crippen LogP contribution in [0.4, 0.5) is 5.82 Å². The summed E-state index contributed by atoms with van der Waals surface area (Å²) < 4.78 is 10.4. The smallest absolute Gasteiger partial charge is 0.215 e. The Morgan fingerprint density at radius 3 is 2.92 bits per heavy atom. The number of nitrogens with zero attached hydrogens (tertiary/aromatic N) is 1. The lowest BCUT2D eigenvalue weighted by atomic mass is 10.4. The fourth-order valence-electron chi connectivity index (χ4n) is 0.861. The van der Waals surface area contributed by atoms with Gasteiger partial charge < -0.3 is 15.2 Å². The highest BCUT2D eigenvalue weighted by atomic mass is 16.5. The van der Waals surface area contributed by atoms with Gasteiger partial charge in [0.25, 0.3) is 0 Å². The summed E-state index contributed by atoms with van der Waals surface area (Å²) in [6.07, 6.45) is 0. The molecule has 4 heteroatoms. The average molecular weight is 182 g/mol. The largest absolute Gasteiger partial charge is 0.475 e.